The molecule has 0 unspecified atom stereocenters. The fraction of sp³-hybridized carbons (Fsp3) is 0.118. The molecule has 0 saturated heterocycles. The first-order valence-electron chi connectivity index (χ1n) is 7.61. The number of hydrogen-bond donors (Lipinski definition) is 0. The number of aldehydes is 1. The molecule has 3 rings (SSSR count). The zero-order valence-electron chi connectivity index (χ0n) is 13.9. The van der Waals surface area contributed by atoms with Crippen molar-refractivity contribution in [2.24, 2.45) is 0 Å². The molecule has 0 radical (unpaired) electrons. The third kappa shape index (κ3) is 4.70. The lowest BCUT2D eigenvalue weighted by atomic mass is 10.1. The molecule has 0 aliphatic carbocycles. The molecule has 0 atom stereocenters. The average Bonchev–Trinajstić information content (AvgIpc) is 3.03. The molecule has 0 saturated carbocycles. The minimum atomic E-state index is -5.09. The molecule has 29 heavy (non-hydrogen) atoms. The summed E-state index contributed by atoms with van der Waals surface area (Å²) in [7, 11) is 0. The quantitative estimate of drug-likeness (QED) is 0.450. The molecule has 1 aromatic carbocycles. The molecule has 0 spiro atoms. The van der Waals surface area contributed by atoms with E-state index in [0.717, 1.165) is 29.1 Å². The molecule has 0 aliphatic rings. The second kappa shape index (κ2) is 7.18. The van der Waals surface area contributed by atoms with E-state index in [1.807, 2.05) is 0 Å². The van der Waals surface area contributed by atoms with Gasteiger partial charge in [-0.2, -0.15) is 18.3 Å². The Labute approximate surface area is 157 Å². The fourth-order valence-electron chi connectivity index (χ4n) is 2.46. The summed E-state index contributed by atoms with van der Waals surface area (Å²) >= 11 is 0. The Hall–Kier alpha value is -3.44. The van der Waals surface area contributed by atoms with Crippen molar-refractivity contribution in [1.82, 2.24) is 14.8 Å². The van der Waals surface area contributed by atoms with Crippen molar-refractivity contribution >= 4 is 6.29 Å². The van der Waals surface area contributed by atoms with E-state index in [0.29, 0.717) is 18.3 Å². The minimum absolute atomic E-state index is 0.153. The molecule has 0 aliphatic heterocycles. The average molecular weight is 419 g/mol. The van der Waals surface area contributed by atoms with E-state index in [1.54, 1.807) is 0 Å². The Morgan fingerprint density at radius 3 is 2.31 bits per heavy atom. The van der Waals surface area contributed by atoms with E-state index in [2.05, 4.69) is 14.8 Å². The number of alkyl halides is 6. The van der Waals surface area contributed by atoms with Gasteiger partial charge >= 0.3 is 12.5 Å². The largest absolute Gasteiger partial charge is 0.573 e. The molecular weight excluding hydrogens is 411 g/mol. The third-order valence-corrected chi connectivity index (χ3v) is 3.55. The summed E-state index contributed by atoms with van der Waals surface area (Å²) in [4.78, 5) is 14.5. The second-order valence-corrected chi connectivity index (χ2v) is 5.64. The third-order valence-electron chi connectivity index (χ3n) is 3.55. The van der Waals surface area contributed by atoms with E-state index in [1.165, 1.54) is 0 Å². The van der Waals surface area contributed by atoms with Gasteiger partial charge in [-0.3, -0.25) is 9.78 Å². The number of rotatable bonds is 4. The normalized spacial score (nSPS) is 12.1. The lowest BCUT2D eigenvalue weighted by Gasteiger charge is -2.13. The van der Waals surface area contributed by atoms with Gasteiger partial charge in [-0.15, -0.1) is 13.2 Å². The van der Waals surface area contributed by atoms with Crippen molar-refractivity contribution < 1.29 is 40.3 Å². The molecule has 0 N–H and O–H groups in total. The fourth-order valence-corrected chi connectivity index (χ4v) is 2.46. The van der Waals surface area contributed by atoms with Crippen molar-refractivity contribution in [3.63, 3.8) is 0 Å². The number of nitrogens with zero attached hydrogens (tertiary/aromatic N) is 3. The number of ether oxygens (including phenoxy) is 1. The van der Waals surface area contributed by atoms with Crippen molar-refractivity contribution in [1.29, 1.82) is 0 Å². The minimum Gasteiger partial charge on any atom is -0.406 e. The Kier molecular flexibility index (Phi) is 5.03. The molecule has 2 aromatic heterocycles. The van der Waals surface area contributed by atoms with Gasteiger partial charge < -0.3 is 4.74 Å². The van der Waals surface area contributed by atoms with Gasteiger partial charge in [0.2, 0.25) is 0 Å². The Balaban J connectivity index is 2.16. The molecule has 12 heteroatoms. The summed E-state index contributed by atoms with van der Waals surface area (Å²) in [6.45, 7) is 0. The van der Waals surface area contributed by atoms with Crippen LogP contribution in [0.15, 0.2) is 42.7 Å². The lowest BCUT2D eigenvalue weighted by molar-refractivity contribution is -0.274. The highest BCUT2D eigenvalue weighted by Gasteiger charge is 2.32. The van der Waals surface area contributed by atoms with Crippen LogP contribution >= 0.6 is 0 Å². The summed E-state index contributed by atoms with van der Waals surface area (Å²) in [6.07, 6.45) is -7.99. The maximum absolute atomic E-state index is 13.8. The van der Waals surface area contributed by atoms with E-state index < -0.39 is 29.7 Å². The standard InChI is InChI=1S/C17H8F7N3O2/c18-11-1-9(2-14(4-11)29-17(22,23)24)15-5-12(8-28)26-27(15)13-3-10(6-25-7-13)16(19,20)21/h1-8H. The topological polar surface area (TPSA) is 57.0 Å². The Morgan fingerprint density at radius 2 is 1.69 bits per heavy atom. The van der Waals surface area contributed by atoms with Gasteiger partial charge in [0.15, 0.2) is 6.29 Å². The van der Waals surface area contributed by atoms with Gasteiger partial charge in [-0.25, -0.2) is 9.07 Å². The molecule has 0 amide bonds. The zero-order valence-corrected chi connectivity index (χ0v) is 13.9. The van der Waals surface area contributed by atoms with Crippen LogP contribution in [0.4, 0.5) is 30.7 Å². The molecule has 3 aromatic rings. The summed E-state index contributed by atoms with van der Waals surface area (Å²) < 4.78 is 94.5. The highest BCUT2D eigenvalue weighted by atomic mass is 19.4. The van der Waals surface area contributed by atoms with Crippen LogP contribution < -0.4 is 4.74 Å². The van der Waals surface area contributed by atoms with Gasteiger partial charge in [0.25, 0.3) is 0 Å². The predicted octanol–water partition coefficient (Wildman–Crippen LogP) is 4.80. The summed E-state index contributed by atoms with van der Waals surface area (Å²) in [5, 5.41) is 3.79. The van der Waals surface area contributed by atoms with Gasteiger partial charge in [0.05, 0.1) is 23.1 Å². The summed E-state index contributed by atoms with van der Waals surface area (Å²) in [5.74, 6) is -2.00. The number of pyridine rings is 1. The van der Waals surface area contributed by atoms with Crippen molar-refractivity contribution in [3.05, 3.63) is 59.8 Å². The van der Waals surface area contributed by atoms with E-state index in [9.17, 15) is 35.5 Å². The highest BCUT2D eigenvalue weighted by molar-refractivity contribution is 5.76. The van der Waals surface area contributed by atoms with Gasteiger partial charge in [0, 0.05) is 17.8 Å². The van der Waals surface area contributed by atoms with Crippen LogP contribution in [0, 0.1) is 5.82 Å². The number of halogens is 7. The Morgan fingerprint density at radius 1 is 0.966 bits per heavy atom. The summed E-state index contributed by atoms with van der Waals surface area (Å²) in [6, 6.07) is 3.83. The van der Waals surface area contributed by atoms with Crippen LogP contribution in [0.3, 0.4) is 0 Å². The second-order valence-electron chi connectivity index (χ2n) is 5.64. The van der Waals surface area contributed by atoms with Crippen LogP contribution in [0.25, 0.3) is 16.9 Å². The maximum Gasteiger partial charge on any atom is 0.573 e. The monoisotopic (exact) mass is 419 g/mol. The number of benzene rings is 1. The van der Waals surface area contributed by atoms with Gasteiger partial charge in [-0.05, 0) is 24.3 Å². The first-order chi connectivity index (χ1) is 13.5. The number of aromatic nitrogens is 3. The van der Waals surface area contributed by atoms with E-state index >= 15 is 0 Å². The highest BCUT2D eigenvalue weighted by Crippen LogP contribution is 2.33. The predicted molar refractivity (Wildman–Crippen MR) is 83.8 cm³/mol. The Bertz CT molecular complexity index is 1060. The first kappa shape index (κ1) is 20.3. The van der Waals surface area contributed by atoms with Gasteiger partial charge in [-0.1, -0.05) is 0 Å². The first-order valence-corrected chi connectivity index (χ1v) is 7.61. The van der Waals surface area contributed by atoms with E-state index in [4.69, 9.17) is 0 Å². The molecule has 0 fully saturated rings. The van der Waals surface area contributed by atoms with Crippen LogP contribution in [0.5, 0.6) is 5.75 Å². The zero-order chi connectivity index (χ0) is 21.4. The molecule has 5 nitrogen and oxygen atoms in total. The SMILES string of the molecule is O=Cc1cc(-c2cc(F)cc(OC(F)(F)F)c2)n(-c2cncc(C(F)(F)F)c2)n1. The lowest BCUT2D eigenvalue weighted by Crippen LogP contribution is -2.17. The van der Waals surface area contributed by atoms with Crippen molar-refractivity contribution in [2.45, 2.75) is 12.5 Å². The maximum atomic E-state index is 13.8. The van der Waals surface area contributed by atoms with E-state index in [-0.39, 0.29) is 28.9 Å². The van der Waals surface area contributed by atoms with Crippen LogP contribution in [-0.4, -0.2) is 27.4 Å². The number of hydrogen-bond acceptors (Lipinski definition) is 4. The molecular formula is C17H8F7N3O2. The van der Waals surface area contributed by atoms with Crippen LogP contribution in [0.1, 0.15) is 16.1 Å². The van der Waals surface area contributed by atoms with Crippen molar-refractivity contribution in [3.8, 4) is 22.7 Å². The number of carbonyl (C=O) groups is 1. The number of carbonyl (C=O) groups excluding carboxylic acids is 1. The van der Waals surface area contributed by atoms with Crippen LogP contribution in [0.2, 0.25) is 0 Å². The van der Waals surface area contributed by atoms with Crippen LogP contribution in [-0.2, 0) is 6.18 Å². The molecule has 0 bridgehead atoms. The summed E-state index contributed by atoms with van der Waals surface area (Å²) in [5.41, 5.74) is -1.99. The molecule has 2 heterocycles. The smallest absolute Gasteiger partial charge is 0.406 e. The van der Waals surface area contributed by atoms with Gasteiger partial charge in [0.1, 0.15) is 17.3 Å². The van der Waals surface area contributed by atoms with Crippen molar-refractivity contribution in [2.75, 3.05) is 0 Å². The molecule has 152 valence electrons.